The van der Waals surface area contributed by atoms with Crippen molar-refractivity contribution in [3.8, 4) is 11.1 Å². The van der Waals surface area contributed by atoms with E-state index in [1.165, 1.54) is 25.7 Å². The predicted molar refractivity (Wildman–Crippen MR) is 210 cm³/mol. The summed E-state index contributed by atoms with van der Waals surface area (Å²) in [7, 11) is 0. The van der Waals surface area contributed by atoms with E-state index in [9.17, 15) is 0 Å². The van der Waals surface area contributed by atoms with Crippen LogP contribution in [-0.2, 0) is 0 Å². The molecule has 1 aliphatic heterocycles. The molecule has 0 aliphatic carbocycles. The SMILES string of the molecule is c1ccc(C2NC(c3ccc4oc5cc(-c6cccc7c6sc6ccccc67)ccc5c4c3)=NC(c3cccc4c3oc3ccccc34)N2)cc1. The average Bonchev–Trinajstić information content (AvgIpc) is 3.88. The van der Waals surface area contributed by atoms with Gasteiger partial charge in [0.15, 0.2) is 0 Å². The Balaban J connectivity index is 1.03. The summed E-state index contributed by atoms with van der Waals surface area (Å²) in [6, 6.07) is 53.2. The minimum absolute atomic E-state index is 0.167. The molecule has 51 heavy (non-hydrogen) atoms. The third-order valence-electron chi connectivity index (χ3n) is 10.2. The number of rotatable bonds is 4. The topological polar surface area (TPSA) is 62.7 Å². The normalized spacial score (nSPS) is 16.4. The molecule has 5 nitrogen and oxygen atoms in total. The largest absolute Gasteiger partial charge is 0.456 e. The number of thiophene rings is 1. The second-order valence-corrected chi connectivity index (χ2v) is 14.2. The molecule has 0 saturated carbocycles. The maximum atomic E-state index is 6.50. The Morgan fingerprint density at radius 2 is 1.27 bits per heavy atom. The fourth-order valence-electron chi connectivity index (χ4n) is 7.73. The summed E-state index contributed by atoms with van der Waals surface area (Å²) in [6.45, 7) is 0. The van der Waals surface area contributed by atoms with Gasteiger partial charge in [-0.2, -0.15) is 0 Å². The van der Waals surface area contributed by atoms with Crippen LogP contribution in [0.4, 0.5) is 0 Å². The lowest BCUT2D eigenvalue weighted by Crippen LogP contribution is -2.45. The molecule has 0 saturated heterocycles. The number of nitrogens with one attached hydrogen (secondary N) is 2. The van der Waals surface area contributed by atoms with Gasteiger partial charge in [-0.05, 0) is 59.2 Å². The smallest absolute Gasteiger partial charge is 0.142 e. The first kappa shape index (κ1) is 28.6. The number of hydrogen-bond donors (Lipinski definition) is 2. The Morgan fingerprint density at radius 1 is 0.529 bits per heavy atom. The quantitative estimate of drug-likeness (QED) is 0.195. The molecule has 0 fully saturated rings. The number of furan rings is 2. The summed E-state index contributed by atoms with van der Waals surface area (Å²) in [5.41, 5.74) is 8.94. The van der Waals surface area contributed by atoms with E-state index >= 15 is 0 Å². The third-order valence-corrected chi connectivity index (χ3v) is 11.4. The van der Waals surface area contributed by atoms with E-state index < -0.39 is 0 Å². The van der Waals surface area contributed by atoms with Gasteiger partial charge in [0.1, 0.15) is 40.5 Å². The molecule has 2 unspecified atom stereocenters. The van der Waals surface area contributed by atoms with Gasteiger partial charge in [-0.1, -0.05) is 109 Å². The van der Waals surface area contributed by atoms with Crippen molar-refractivity contribution in [2.45, 2.75) is 12.3 Å². The molecule has 1 aliphatic rings. The van der Waals surface area contributed by atoms with Crippen molar-refractivity contribution in [3.05, 3.63) is 168 Å². The second kappa shape index (κ2) is 11.2. The lowest BCUT2D eigenvalue weighted by Gasteiger charge is -2.32. The fourth-order valence-corrected chi connectivity index (χ4v) is 8.97. The van der Waals surface area contributed by atoms with Gasteiger partial charge >= 0.3 is 0 Å². The van der Waals surface area contributed by atoms with Crippen molar-refractivity contribution >= 4 is 81.2 Å². The minimum atomic E-state index is -0.341. The highest BCUT2D eigenvalue weighted by Gasteiger charge is 2.28. The van der Waals surface area contributed by atoms with Crippen molar-refractivity contribution < 1.29 is 8.83 Å². The zero-order valence-electron chi connectivity index (χ0n) is 27.3. The van der Waals surface area contributed by atoms with Gasteiger partial charge in [0.25, 0.3) is 0 Å². The lowest BCUT2D eigenvalue weighted by atomic mass is 10.0. The van der Waals surface area contributed by atoms with Crippen LogP contribution in [-0.4, -0.2) is 5.84 Å². The first-order valence-electron chi connectivity index (χ1n) is 17.2. The first-order valence-corrected chi connectivity index (χ1v) is 18.0. The molecule has 0 bridgehead atoms. The number of nitrogens with zero attached hydrogens (tertiary/aromatic N) is 1. The second-order valence-electron chi connectivity index (χ2n) is 13.2. The van der Waals surface area contributed by atoms with Crippen LogP contribution >= 0.6 is 11.3 Å². The fraction of sp³-hybridized carbons (Fsp3) is 0.0444. The molecule has 7 aromatic carbocycles. The molecular formula is C45H29N3O2S. The van der Waals surface area contributed by atoms with E-state index in [1.54, 1.807) is 0 Å². The molecular weight excluding hydrogens is 647 g/mol. The Labute approximate surface area is 296 Å². The standard InChI is InChI=1S/C45H29N3O2S/c1-2-10-26(11-3-1)43-46-44(48-45(47-43)35-17-9-15-33-30-12-4-6-18-37(30)50-41(33)35)28-21-23-38-36(24-28)31-22-20-27(25-39(31)49-38)29-14-8-16-34-32-13-5-7-19-40(32)51-42(29)34/h1-25,43,45,47H,(H,46,48). The Kier molecular flexibility index (Phi) is 6.26. The number of para-hydroxylation sites is 2. The Morgan fingerprint density at radius 3 is 2.22 bits per heavy atom. The van der Waals surface area contributed by atoms with Crippen molar-refractivity contribution in [1.82, 2.24) is 10.6 Å². The van der Waals surface area contributed by atoms with Crippen molar-refractivity contribution in [3.63, 3.8) is 0 Å². The van der Waals surface area contributed by atoms with Crippen LogP contribution in [0.15, 0.2) is 165 Å². The highest BCUT2D eigenvalue weighted by Crippen LogP contribution is 2.42. The number of fused-ring (bicyclic) bond motifs is 9. The summed E-state index contributed by atoms with van der Waals surface area (Å²) < 4.78 is 15.6. The van der Waals surface area contributed by atoms with Crippen molar-refractivity contribution in [1.29, 1.82) is 0 Å². The molecule has 0 radical (unpaired) electrons. The van der Waals surface area contributed by atoms with Crippen LogP contribution in [0.5, 0.6) is 0 Å². The minimum Gasteiger partial charge on any atom is -0.456 e. The zero-order valence-corrected chi connectivity index (χ0v) is 28.1. The number of amidine groups is 1. The molecule has 2 atom stereocenters. The summed E-state index contributed by atoms with van der Waals surface area (Å²) in [6.07, 6.45) is -0.508. The molecule has 3 aromatic heterocycles. The zero-order chi connectivity index (χ0) is 33.5. The lowest BCUT2D eigenvalue weighted by molar-refractivity contribution is 0.408. The van der Waals surface area contributed by atoms with Crippen molar-refractivity contribution in [2.24, 2.45) is 4.99 Å². The van der Waals surface area contributed by atoms with Gasteiger partial charge < -0.3 is 14.2 Å². The average molecular weight is 676 g/mol. The summed E-state index contributed by atoms with van der Waals surface area (Å²) in [4.78, 5) is 5.30. The van der Waals surface area contributed by atoms with Gasteiger partial charge in [0, 0.05) is 52.8 Å². The molecule has 2 N–H and O–H groups in total. The van der Waals surface area contributed by atoms with Crippen LogP contribution in [0.2, 0.25) is 0 Å². The maximum absolute atomic E-state index is 6.50. The maximum Gasteiger partial charge on any atom is 0.142 e. The van der Waals surface area contributed by atoms with E-state index in [2.05, 4.69) is 144 Å². The number of aliphatic imine (C=N–C) groups is 1. The number of hydrogen-bond acceptors (Lipinski definition) is 6. The summed E-state index contributed by atoms with van der Waals surface area (Å²) >= 11 is 1.85. The molecule has 0 amide bonds. The van der Waals surface area contributed by atoms with Crippen LogP contribution in [0.1, 0.15) is 29.0 Å². The van der Waals surface area contributed by atoms with E-state index in [0.29, 0.717) is 0 Å². The van der Waals surface area contributed by atoms with Crippen LogP contribution in [0.25, 0.3) is 75.2 Å². The number of benzene rings is 7. The molecule has 11 rings (SSSR count). The van der Waals surface area contributed by atoms with Gasteiger partial charge in [-0.15, -0.1) is 11.3 Å². The van der Waals surface area contributed by atoms with Crippen LogP contribution in [0, 0.1) is 0 Å². The highest BCUT2D eigenvalue weighted by atomic mass is 32.1. The van der Waals surface area contributed by atoms with Crippen LogP contribution < -0.4 is 10.6 Å². The molecule has 6 heteroatoms. The Hall–Kier alpha value is -6.21. The predicted octanol–water partition coefficient (Wildman–Crippen LogP) is 11.9. The molecule has 0 spiro atoms. The van der Waals surface area contributed by atoms with Gasteiger partial charge in [-0.3, -0.25) is 5.32 Å². The molecule has 242 valence electrons. The van der Waals surface area contributed by atoms with Gasteiger partial charge in [0.05, 0.1) is 0 Å². The van der Waals surface area contributed by atoms with E-state index in [0.717, 1.165) is 72.0 Å². The third kappa shape index (κ3) is 4.54. The van der Waals surface area contributed by atoms with E-state index in [-0.39, 0.29) is 12.3 Å². The molecule has 4 heterocycles. The summed E-state index contributed by atoms with van der Waals surface area (Å²) in [5.74, 6) is 0.810. The molecule has 10 aromatic rings. The first-order chi connectivity index (χ1) is 25.2. The van der Waals surface area contributed by atoms with Gasteiger partial charge in [-0.25, -0.2) is 4.99 Å². The van der Waals surface area contributed by atoms with E-state index in [4.69, 9.17) is 13.8 Å². The summed E-state index contributed by atoms with van der Waals surface area (Å²) in [5, 5.41) is 14.4. The van der Waals surface area contributed by atoms with E-state index in [1.807, 2.05) is 29.5 Å². The Bertz CT molecular complexity index is 3010. The monoisotopic (exact) mass is 675 g/mol. The highest BCUT2D eigenvalue weighted by molar-refractivity contribution is 7.26. The van der Waals surface area contributed by atoms with Gasteiger partial charge in [0.2, 0.25) is 0 Å². The van der Waals surface area contributed by atoms with Crippen molar-refractivity contribution in [2.75, 3.05) is 0 Å². The van der Waals surface area contributed by atoms with Crippen LogP contribution in [0.3, 0.4) is 0 Å².